The van der Waals surface area contributed by atoms with Gasteiger partial charge in [-0.25, -0.2) is 4.98 Å². The lowest BCUT2D eigenvalue weighted by molar-refractivity contribution is -0.131. The van der Waals surface area contributed by atoms with Crippen LogP contribution in [0.25, 0.3) is 0 Å². The van der Waals surface area contributed by atoms with Gasteiger partial charge in [0.1, 0.15) is 5.82 Å². The lowest BCUT2D eigenvalue weighted by atomic mass is 9.93. The number of anilines is 1. The minimum atomic E-state index is 0.413. The summed E-state index contributed by atoms with van der Waals surface area (Å²) in [5.74, 6) is 3.67. The van der Waals surface area contributed by atoms with Crippen LogP contribution in [0.15, 0.2) is 18.3 Å². The fourth-order valence-electron chi connectivity index (χ4n) is 4.83. The zero-order valence-electron chi connectivity index (χ0n) is 14.8. The Morgan fingerprint density at radius 1 is 1.12 bits per heavy atom. The normalized spacial score (nSPS) is 27.5. The molecule has 0 radical (unpaired) electrons. The summed E-state index contributed by atoms with van der Waals surface area (Å²) in [5, 5.41) is 0. The number of likely N-dealkylation sites (tertiary alicyclic amines) is 1. The van der Waals surface area contributed by atoms with Gasteiger partial charge in [-0.15, -0.1) is 0 Å². The van der Waals surface area contributed by atoms with Gasteiger partial charge in [-0.1, -0.05) is 12.5 Å². The molecule has 130 valence electrons. The molecule has 2 atom stereocenters. The van der Waals surface area contributed by atoms with E-state index in [4.69, 9.17) is 0 Å². The van der Waals surface area contributed by atoms with Gasteiger partial charge < -0.3 is 9.80 Å². The molecule has 4 heteroatoms. The van der Waals surface area contributed by atoms with Gasteiger partial charge >= 0.3 is 0 Å². The van der Waals surface area contributed by atoms with Gasteiger partial charge in [0.25, 0.3) is 0 Å². The minimum absolute atomic E-state index is 0.413. The first-order chi connectivity index (χ1) is 11.7. The van der Waals surface area contributed by atoms with Crippen molar-refractivity contribution in [3.8, 4) is 0 Å². The van der Waals surface area contributed by atoms with E-state index in [0.717, 1.165) is 63.1 Å². The van der Waals surface area contributed by atoms with Gasteiger partial charge in [0, 0.05) is 38.8 Å². The highest BCUT2D eigenvalue weighted by molar-refractivity contribution is 5.76. The zero-order valence-corrected chi connectivity index (χ0v) is 14.8. The summed E-state index contributed by atoms with van der Waals surface area (Å²) in [5.41, 5.74) is 1.20. The number of piperidine rings is 1. The van der Waals surface area contributed by atoms with Crippen LogP contribution >= 0.6 is 0 Å². The second-order valence-electron chi connectivity index (χ2n) is 8.08. The molecule has 2 saturated heterocycles. The average molecular weight is 327 g/mol. The predicted molar refractivity (Wildman–Crippen MR) is 95.9 cm³/mol. The number of carbonyl (C=O) groups excluding carboxylic acids is 1. The molecule has 1 aromatic rings. The molecule has 0 aromatic carbocycles. The molecule has 0 N–H and O–H groups in total. The molecular formula is C20H29N3O. The molecule has 2 unspecified atom stereocenters. The topological polar surface area (TPSA) is 36.4 Å². The maximum absolute atomic E-state index is 12.6. The van der Waals surface area contributed by atoms with Gasteiger partial charge in [-0.3, -0.25) is 4.79 Å². The van der Waals surface area contributed by atoms with E-state index in [-0.39, 0.29) is 0 Å². The first-order valence-corrected chi connectivity index (χ1v) is 9.64. The molecule has 24 heavy (non-hydrogen) atoms. The molecule has 3 heterocycles. The van der Waals surface area contributed by atoms with E-state index in [2.05, 4.69) is 33.8 Å². The third-order valence-electron chi connectivity index (χ3n) is 6.38. The highest BCUT2D eigenvalue weighted by Crippen LogP contribution is 2.38. The number of pyridine rings is 1. The number of fused-ring (bicyclic) bond motifs is 1. The largest absolute Gasteiger partial charge is 0.357 e. The monoisotopic (exact) mass is 327 g/mol. The van der Waals surface area contributed by atoms with E-state index >= 15 is 0 Å². The van der Waals surface area contributed by atoms with Crippen molar-refractivity contribution in [2.75, 3.05) is 31.1 Å². The molecule has 4 nitrogen and oxygen atoms in total. The summed E-state index contributed by atoms with van der Waals surface area (Å²) in [4.78, 5) is 21.7. The Balaban J connectivity index is 1.26. The summed E-state index contributed by atoms with van der Waals surface area (Å²) < 4.78 is 0. The molecular weight excluding hydrogens is 298 g/mol. The lowest BCUT2D eigenvalue weighted by Gasteiger charge is -2.33. The Labute approximate surface area is 145 Å². The van der Waals surface area contributed by atoms with Crippen LogP contribution in [0, 0.1) is 24.7 Å². The number of carbonyl (C=O) groups is 1. The van der Waals surface area contributed by atoms with Crippen molar-refractivity contribution in [1.82, 2.24) is 9.88 Å². The Kier molecular flexibility index (Phi) is 4.47. The van der Waals surface area contributed by atoms with E-state index in [1.807, 2.05) is 6.20 Å². The van der Waals surface area contributed by atoms with Crippen molar-refractivity contribution >= 4 is 11.7 Å². The SMILES string of the molecule is Cc1ccc(N2CCC(CC(=O)N3CC4CCCC4C3)CC2)nc1. The molecule has 1 aliphatic carbocycles. The Morgan fingerprint density at radius 2 is 1.83 bits per heavy atom. The molecule has 1 amide bonds. The van der Waals surface area contributed by atoms with Crippen molar-refractivity contribution in [3.05, 3.63) is 23.9 Å². The number of amides is 1. The lowest BCUT2D eigenvalue weighted by Crippen LogP contribution is -2.37. The van der Waals surface area contributed by atoms with Crippen molar-refractivity contribution in [1.29, 1.82) is 0 Å². The minimum Gasteiger partial charge on any atom is -0.357 e. The Bertz CT molecular complexity index is 565. The van der Waals surface area contributed by atoms with Crippen LogP contribution in [0.3, 0.4) is 0 Å². The fourth-order valence-corrected chi connectivity index (χ4v) is 4.83. The maximum Gasteiger partial charge on any atom is 0.222 e. The Hall–Kier alpha value is -1.58. The highest BCUT2D eigenvalue weighted by Gasteiger charge is 2.38. The maximum atomic E-state index is 12.6. The third-order valence-corrected chi connectivity index (χ3v) is 6.38. The van der Waals surface area contributed by atoms with Gasteiger partial charge in [0.05, 0.1) is 0 Å². The van der Waals surface area contributed by atoms with Gasteiger partial charge in [-0.05, 0) is 62.0 Å². The number of rotatable bonds is 3. The van der Waals surface area contributed by atoms with E-state index in [0.29, 0.717) is 11.8 Å². The van der Waals surface area contributed by atoms with Crippen molar-refractivity contribution in [2.45, 2.75) is 45.4 Å². The average Bonchev–Trinajstić information content (AvgIpc) is 3.18. The molecule has 2 aliphatic heterocycles. The number of hydrogen-bond acceptors (Lipinski definition) is 3. The van der Waals surface area contributed by atoms with E-state index in [1.54, 1.807) is 0 Å². The van der Waals surface area contributed by atoms with Crippen LogP contribution < -0.4 is 4.90 Å². The smallest absolute Gasteiger partial charge is 0.222 e. The first-order valence-electron chi connectivity index (χ1n) is 9.64. The zero-order chi connectivity index (χ0) is 16.5. The molecule has 3 fully saturated rings. The molecule has 0 spiro atoms. The molecule has 0 bridgehead atoms. The number of nitrogens with zero attached hydrogens (tertiary/aromatic N) is 3. The molecule has 3 aliphatic rings. The number of aryl methyl sites for hydroxylation is 1. The van der Waals surface area contributed by atoms with Crippen LogP contribution in [-0.4, -0.2) is 42.0 Å². The third kappa shape index (κ3) is 3.28. The second-order valence-corrected chi connectivity index (χ2v) is 8.08. The summed E-state index contributed by atoms with van der Waals surface area (Å²) in [6.07, 6.45) is 8.99. The molecule has 4 rings (SSSR count). The van der Waals surface area contributed by atoms with Crippen LogP contribution in [0.5, 0.6) is 0 Å². The van der Waals surface area contributed by atoms with Crippen molar-refractivity contribution < 1.29 is 4.79 Å². The van der Waals surface area contributed by atoms with Crippen LogP contribution in [-0.2, 0) is 4.79 Å². The van der Waals surface area contributed by atoms with Crippen LogP contribution in [0.4, 0.5) is 5.82 Å². The quantitative estimate of drug-likeness (QED) is 0.855. The van der Waals surface area contributed by atoms with Gasteiger partial charge in [0.15, 0.2) is 0 Å². The van der Waals surface area contributed by atoms with Crippen LogP contribution in [0.1, 0.15) is 44.1 Å². The Morgan fingerprint density at radius 3 is 2.46 bits per heavy atom. The van der Waals surface area contributed by atoms with Crippen LogP contribution in [0.2, 0.25) is 0 Å². The molecule has 1 saturated carbocycles. The number of aromatic nitrogens is 1. The molecule has 1 aromatic heterocycles. The number of hydrogen-bond donors (Lipinski definition) is 0. The second kappa shape index (κ2) is 6.73. The standard InChI is InChI=1S/C20H29N3O/c1-15-5-6-19(21-12-15)22-9-7-16(8-10-22)11-20(24)23-13-17-3-2-4-18(17)14-23/h5-6,12,16-18H,2-4,7-11,13-14H2,1H3. The summed E-state index contributed by atoms with van der Waals surface area (Å²) in [7, 11) is 0. The summed E-state index contributed by atoms with van der Waals surface area (Å²) in [6, 6.07) is 4.24. The van der Waals surface area contributed by atoms with E-state index < -0.39 is 0 Å². The first kappa shape index (κ1) is 15.9. The summed E-state index contributed by atoms with van der Waals surface area (Å²) in [6.45, 7) is 6.20. The van der Waals surface area contributed by atoms with Gasteiger partial charge in [0.2, 0.25) is 5.91 Å². The fraction of sp³-hybridized carbons (Fsp3) is 0.700. The summed E-state index contributed by atoms with van der Waals surface area (Å²) >= 11 is 0. The van der Waals surface area contributed by atoms with E-state index in [1.165, 1.54) is 24.8 Å². The van der Waals surface area contributed by atoms with Gasteiger partial charge in [-0.2, -0.15) is 0 Å². The van der Waals surface area contributed by atoms with E-state index in [9.17, 15) is 4.79 Å². The predicted octanol–water partition coefficient (Wildman–Crippen LogP) is 3.26. The highest BCUT2D eigenvalue weighted by atomic mass is 16.2. The van der Waals surface area contributed by atoms with Crippen molar-refractivity contribution in [3.63, 3.8) is 0 Å². The van der Waals surface area contributed by atoms with Crippen molar-refractivity contribution in [2.24, 2.45) is 17.8 Å².